The Kier molecular flexibility index (Phi) is 5.23. The minimum Gasteiger partial charge on any atom is -0.280 e. The molecule has 0 aromatic heterocycles. The summed E-state index contributed by atoms with van der Waals surface area (Å²) >= 11 is 5.77. The van der Waals surface area contributed by atoms with Gasteiger partial charge in [0.15, 0.2) is 0 Å². The molecule has 0 saturated heterocycles. The van der Waals surface area contributed by atoms with Crippen LogP contribution < -0.4 is 4.72 Å². The molecule has 27 heavy (non-hydrogen) atoms. The molecular formula is C18H13ClFNO4S2. The topological polar surface area (TPSA) is 80.3 Å². The van der Waals surface area contributed by atoms with Crippen LogP contribution in [-0.2, 0) is 19.9 Å². The number of halogens is 2. The average molecular weight is 426 g/mol. The molecule has 0 fully saturated rings. The molecule has 0 heterocycles. The predicted molar refractivity (Wildman–Crippen MR) is 101 cm³/mol. The minimum absolute atomic E-state index is 0.0151. The highest BCUT2D eigenvalue weighted by Crippen LogP contribution is 2.25. The highest BCUT2D eigenvalue weighted by Gasteiger charge is 2.20. The molecule has 3 aromatic rings. The van der Waals surface area contributed by atoms with Crippen molar-refractivity contribution in [2.75, 3.05) is 4.72 Å². The van der Waals surface area contributed by atoms with E-state index in [9.17, 15) is 21.2 Å². The molecule has 0 saturated carbocycles. The molecule has 0 spiro atoms. The fourth-order valence-corrected chi connectivity index (χ4v) is 4.85. The molecule has 0 unspecified atom stereocenters. The standard InChI is InChI=1S/C18H13ClFNO4S2/c19-13-5-9-15(10-6-13)26(22,23)16-11-7-14(8-12-16)21-27(24,25)18-4-2-1-3-17(18)20/h1-12,21H. The van der Waals surface area contributed by atoms with Crippen molar-refractivity contribution in [3.8, 4) is 0 Å². The summed E-state index contributed by atoms with van der Waals surface area (Å²) in [5.74, 6) is -0.882. The van der Waals surface area contributed by atoms with E-state index in [0.717, 1.165) is 12.1 Å². The van der Waals surface area contributed by atoms with Crippen LogP contribution in [0.25, 0.3) is 0 Å². The monoisotopic (exact) mass is 425 g/mol. The number of nitrogens with one attached hydrogen (secondary N) is 1. The van der Waals surface area contributed by atoms with E-state index >= 15 is 0 Å². The van der Waals surface area contributed by atoms with Crippen molar-refractivity contribution >= 4 is 37.1 Å². The van der Waals surface area contributed by atoms with Gasteiger partial charge in [-0.05, 0) is 60.7 Å². The molecule has 3 aromatic carbocycles. The fraction of sp³-hybridized carbons (Fsp3) is 0. The Balaban J connectivity index is 1.88. The Morgan fingerprint density at radius 2 is 1.26 bits per heavy atom. The number of hydrogen-bond acceptors (Lipinski definition) is 4. The van der Waals surface area contributed by atoms with E-state index in [1.54, 1.807) is 0 Å². The van der Waals surface area contributed by atoms with Crippen LogP contribution in [0.1, 0.15) is 0 Å². The van der Waals surface area contributed by atoms with Crippen LogP contribution in [0.4, 0.5) is 10.1 Å². The van der Waals surface area contributed by atoms with Crippen molar-refractivity contribution in [2.45, 2.75) is 14.7 Å². The van der Waals surface area contributed by atoms with Crippen LogP contribution in [0, 0.1) is 5.82 Å². The maximum atomic E-state index is 13.7. The van der Waals surface area contributed by atoms with Crippen molar-refractivity contribution < 1.29 is 21.2 Å². The molecule has 140 valence electrons. The van der Waals surface area contributed by atoms with Crippen molar-refractivity contribution in [2.24, 2.45) is 0 Å². The first-order valence-corrected chi connectivity index (χ1v) is 10.9. The van der Waals surface area contributed by atoms with Gasteiger partial charge in [-0.25, -0.2) is 21.2 Å². The molecular weight excluding hydrogens is 413 g/mol. The molecule has 3 rings (SSSR count). The predicted octanol–water partition coefficient (Wildman–Crippen LogP) is 4.11. The van der Waals surface area contributed by atoms with Crippen LogP contribution in [0.15, 0.2) is 87.5 Å². The third-order valence-corrected chi connectivity index (χ3v) is 7.12. The summed E-state index contributed by atoms with van der Waals surface area (Å²) in [6, 6.07) is 15.8. The molecule has 0 aliphatic rings. The molecule has 0 radical (unpaired) electrons. The van der Waals surface area contributed by atoms with Gasteiger partial charge in [0.05, 0.1) is 9.79 Å². The second-order valence-electron chi connectivity index (χ2n) is 5.52. The van der Waals surface area contributed by atoms with Crippen LogP contribution in [0.3, 0.4) is 0 Å². The van der Waals surface area contributed by atoms with Gasteiger partial charge in [0.1, 0.15) is 10.7 Å². The number of rotatable bonds is 5. The Bertz CT molecular complexity index is 1180. The van der Waals surface area contributed by atoms with Crippen molar-refractivity contribution in [1.29, 1.82) is 0 Å². The SMILES string of the molecule is O=S(=O)(Nc1ccc(S(=O)(=O)c2ccc(Cl)cc2)cc1)c1ccccc1F. The Morgan fingerprint density at radius 3 is 1.81 bits per heavy atom. The Labute approximate surface area is 161 Å². The zero-order valence-corrected chi connectivity index (χ0v) is 16.0. The van der Waals surface area contributed by atoms with E-state index in [0.29, 0.717) is 5.02 Å². The zero-order valence-electron chi connectivity index (χ0n) is 13.6. The smallest absolute Gasteiger partial charge is 0.264 e. The third-order valence-electron chi connectivity index (χ3n) is 3.67. The van der Waals surface area contributed by atoms with E-state index in [1.165, 1.54) is 60.7 Å². The van der Waals surface area contributed by atoms with E-state index in [4.69, 9.17) is 11.6 Å². The number of sulfone groups is 1. The van der Waals surface area contributed by atoms with Gasteiger partial charge in [0.2, 0.25) is 9.84 Å². The van der Waals surface area contributed by atoms with E-state index in [-0.39, 0.29) is 15.5 Å². The Morgan fingerprint density at radius 1 is 0.741 bits per heavy atom. The first-order chi connectivity index (χ1) is 12.7. The van der Waals surface area contributed by atoms with Crippen LogP contribution in [0.5, 0.6) is 0 Å². The lowest BCUT2D eigenvalue weighted by Gasteiger charge is -2.10. The minimum atomic E-state index is -4.14. The first-order valence-electron chi connectivity index (χ1n) is 7.58. The average Bonchev–Trinajstić information content (AvgIpc) is 2.62. The molecule has 0 aliphatic carbocycles. The van der Waals surface area contributed by atoms with E-state index in [2.05, 4.69) is 4.72 Å². The maximum absolute atomic E-state index is 13.7. The largest absolute Gasteiger partial charge is 0.280 e. The normalized spacial score (nSPS) is 11.9. The van der Waals surface area contributed by atoms with E-state index in [1.807, 2.05) is 0 Å². The van der Waals surface area contributed by atoms with Gasteiger partial charge < -0.3 is 0 Å². The lowest BCUT2D eigenvalue weighted by Crippen LogP contribution is -2.14. The third kappa shape index (κ3) is 4.13. The zero-order chi connectivity index (χ0) is 19.7. The lowest BCUT2D eigenvalue weighted by atomic mass is 10.3. The highest BCUT2D eigenvalue weighted by atomic mass is 35.5. The quantitative estimate of drug-likeness (QED) is 0.667. The van der Waals surface area contributed by atoms with Gasteiger partial charge in [-0.3, -0.25) is 4.72 Å². The summed E-state index contributed by atoms with van der Waals surface area (Å²) in [5, 5.41) is 0.409. The Hall–Kier alpha value is -2.42. The van der Waals surface area contributed by atoms with Crippen molar-refractivity contribution in [3.05, 3.63) is 83.6 Å². The lowest BCUT2D eigenvalue weighted by molar-refractivity contribution is 0.570. The van der Waals surface area contributed by atoms with Gasteiger partial charge in [-0.2, -0.15) is 0 Å². The van der Waals surface area contributed by atoms with Crippen LogP contribution >= 0.6 is 11.6 Å². The fourth-order valence-electron chi connectivity index (χ4n) is 2.32. The summed E-state index contributed by atoms with van der Waals surface area (Å²) in [6.45, 7) is 0. The summed E-state index contributed by atoms with van der Waals surface area (Å²) in [6.07, 6.45) is 0. The van der Waals surface area contributed by atoms with Gasteiger partial charge >= 0.3 is 0 Å². The van der Waals surface area contributed by atoms with Gasteiger partial charge in [-0.15, -0.1) is 0 Å². The van der Waals surface area contributed by atoms with Crippen LogP contribution in [-0.4, -0.2) is 16.8 Å². The second kappa shape index (κ2) is 7.30. The first kappa shape index (κ1) is 19.3. The molecule has 9 heteroatoms. The summed E-state index contributed by atoms with van der Waals surface area (Å²) < 4.78 is 65.6. The molecule has 0 amide bonds. The number of sulfonamides is 1. The molecule has 0 aliphatic heterocycles. The van der Waals surface area contributed by atoms with Gasteiger partial charge in [-0.1, -0.05) is 23.7 Å². The van der Waals surface area contributed by atoms with Crippen molar-refractivity contribution in [3.63, 3.8) is 0 Å². The van der Waals surface area contributed by atoms with Gasteiger partial charge in [0, 0.05) is 10.7 Å². The summed E-state index contributed by atoms with van der Waals surface area (Å²) in [4.78, 5) is -0.451. The van der Waals surface area contributed by atoms with Crippen molar-refractivity contribution in [1.82, 2.24) is 0 Å². The molecule has 0 atom stereocenters. The van der Waals surface area contributed by atoms with E-state index < -0.39 is 30.6 Å². The molecule has 1 N–H and O–H groups in total. The summed E-state index contributed by atoms with van der Waals surface area (Å²) in [5.41, 5.74) is 0.105. The molecule has 0 bridgehead atoms. The number of benzene rings is 3. The highest BCUT2D eigenvalue weighted by molar-refractivity contribution is 7.92. The summed E-state index contributed by atoms with van der Waals surface area (Å²) in [7, 11) is -7.91. The number of anilines is 1. The number of hydrogen-bond donors (Lipinski definition) is 1. The second-order valence-corrected chi connectivity index (χ2v) is 9.55. The van der Waals surface area contributed by atoms with Gasteiger partial charge in [0.25, 0.3) is 10.0 Å². The molecule has 5 nitrogen and oxygen atoms in total. The maximum Gasteiger partial charge on any atom is 0.264 e. The van der Waals surface area contributed by atoms with Crippen LogP contribution in [0.2, 0.25) is 5.02 Å².